The minimum Gasteiger partial charge on any atom is -0.496 e. The van der Waals surface area contributed by atoms with Crippen LogP contribution in [0.4, 0.5) is 5.69 Å². The number of rotatable bonds is 7. The van der Waals surface area contributed by atoms with Crippen molar-refractivity contribution >= 4 is 31.6 Å². The Hall–Kier alpha value is -0.790. The van der Waals surface area contributed by atoms with Gasteiger partial charge in [0.05, 0.1) is 16.8 Å². The highest BCUT2D eigenvalue weighted by Gasteiger charge is 2.25. The summed E-state index contributed by atoms with van der Waals surface area (Å²) in [6.45, 7) is 2.17. The molecule has 20 heavy (non-hydrogen) atoms. The number of sulfonamides is 1. The van der Waals surface area contributed by atoms with Gasteiger partial charge in [0.15, 0.2) is 0 Å². The molecule has 0 saturated heterocycles. The molecule has 0 radical (unpaired) electrons. The molecule has 0 bridgehead atoms. The molecule has 7 heteroatoms. The molecule has 1 aliphatic carbocycles. The van der Waals surface area contributed by atoms with E-state index in [1.807, 2.05) is 0 Å². The summed E-state index contributed by atoms with van der Waals surface area (Å²) in [6.07, 6.45) is 2.29. The minimum atomic E-state index is -3.39. The van der Waals surface area contributed by atoms with E-state index in [0.717, 1.165) is 12.8 Å². The smallest absolute Gasteiger partial charge is 0.236 e. The SMILES string of the molecule is COc1ccc(NS(=O)(=O)C(C)CNC2CC2)cc1Br. The van der Waals surface area contributed by atoms with Crippen LogP contribution in [-0.4, -0.2) is 33.4 Å². The minimum absolute atomic E-state index is 0.470. The zero-order valence-corrected chi connectivity index (χ0v) is 13.9. The molecule has 1 saturated carbocycles. The topological polar surface area (TPSA) is 67.4 Å². The summed E-state index contributed by atoms with van der Waals surface area (Å²) in [5.74, 6) is 0.663. The number of methoxy groups -OCH3 is 1. The van der Waals surface area contributed by atoms with E-state index in [0.29, 0.717) is 28.5 Å². The van der Waals surface area contributed by atoms with E-state index in [1.165, 1.54) is 0 Å². The fourth-order valence-electron chi connectivity index (χ4n) is 1.72. The van der Waals surface area contributed by atoms with Crippen molar-refractivity contribution in [1.29, 1.82) is 0 Å². The van der Waals surface area contributed by atoms with Crippen molar-refractivity contribution in [2.45, 2.75) is 31.1 Å². The molecular weight excluding hydrogens is 344 g/mol. The Kier molecular flexibility index (Phi) is 4.93. The van der Waals surface area contributed by atoms with Gasteiger partial charge in [-0.05, 0) is 53.9 Å². The Morgan fingerprint density at radius 1 is 1.45 bits per heavy atom. The Morgan fingerprint density at radius 2 is 2.15 bits per heavy atom. The van der Waals surface area contributed by atoms with Gasteiger partial charge in [0.2, 0.25) is 10.0 Å². The van der Waals surface area contributed by atoms with E-state index < -0.39 is 15.3 Å². The number of hydrogen-bond acceptors (Lipinski definition) is 4. The van der Waals surface area contributed by atoms with Crippen LogP contribution in [0.25, 0.3) is 0 Å². The normalized spacial score (nSPS) is 16.8. The summed E-state index contributed by atoms with van der Waals surface area (Å²) in [7, 11) is -1.83. The molecule has 0 heterocycles. The molecule has 0 aromatic heterocycles. The Morgan fingerprint density at radius 3 is 2.70 bits per heavy atom. The Labute approximate surface area is 128 Å². The van der Waals surface area contributed by atoms with E-state index in [4.69, 9.17) is 4.74 Å². The zero-order valence-electron chi connectivity index (χ0n) is 11.5. The fourth-order valence-corrected chi connectivity index (χ4v) is 3.24. The van der Waals surface area contributed by atoms with Gasteiger partial charge >= 0.3 is 0 Å². The van der Waals surface area contributed by atoms with Gasteiger partial charge < -0.3 is 10.1 Å². The molecule has 2 N–H and O–H groups in total. The third kappa shape index (κ3) is 4.10. The summed E-state index contributed by atoms with van der Waals surface area (Å²) < 4.78 is 32.8. The van der Waals surface area contributed by atoms with Crippen molar-refractivity contribution in [3.05, 3.63) is 22.7 Å². The summed E-state index contributed by atoms with van der Waals surface area (Å²) in [6, 6.07) is 5.59. The molecule has 0 aliphatic heterocycles. The first kappa shape index (κ1) is 15.6. The van der Waals surface area contributed by atoms with Crippen LogP contribution < -0.4 is 14.8 Å². The van der Waals surface area contributed by atoms with Crippen molar-refractivity contribution in [2.75, 3.05) is 18.4 Å². The number of ether oxygens (including phenoxy) is 1. The molecule has 1 fully saturated rings. The van der Waals surface area contributed by atoms with Gasteiger partial charge in [0.25, 0.3) is 0 Å². The van der Waals surface area contributed by atoms with Crippen LogP contribution >= 0.6 is 15.9 Å². The van der Waals surface area contributed by atoms with Crippen molar-refractivity contribution in [3.63, 3.8) is 0 Å². The predicted molar refractivity (Wildman–Crippen MR) is 83.7 cm³/mol. The van der Waals surface area contributed by atoms with Crippen LogP contribution in [0.15, 0.2) is 22.7 Å². The number of hydrogen-bond donors (Lipinski definition) is 2. The molecule has 1 atom stereocenters. The molecule has 0 amide bonds. The van der Waals surface area contributed by atoms with E-state index >= 15 is 0 Å². The highest BCUT2D eigenvalue weighted by molar-refractivity contribution is 9.10. The summed E-state index contributed by atoms with van der Waals surface area (Å²) in [4.78, 5) is 0. The fraction of sp³-hybridized carbons (Fsp3) is 0.538. The van der Waals surface area contributed by atoms with Gasteiger partial charge in [0, 0.05) is 18.3 Å². The largest absolute Gasteiger partial charge is 0.496 e. The van der Waals surface area contributed by atoms with Crippen LogP contribution in [-0.2, 0) is 10.0 Å². The second kappa shape index (κ2) is 6.32. The maximum Gasteiger partial charge on any atom is 0.236 e. The Bertz CT molecular complexity index is 573. The highest BCUT2D eigenvalue weighted by Crippen LogP contribution is 2.28. The molecule has 1 aromatic rings. The van der Waals surface area contributed by atoms with Gasteiger partial charge in [-0.3, -0.25) is 4.72 Å². The third-order valence-corrected chi connectivity index (χ3v) is 5.58. The number of benzene rings is 1. The lowest BCUT2D eigenvalue weighted by molar-refractivity contribution is 0.412. The van der Waals surface area contributed by atoms with Crippen LogP contribution in [0.2, 0.25) is 0 Å². The monoisotopic (exact) mass is 362 g/mol. The molecule has 2 rings (SSSR count). The Balaban J connectivity index is 2.00. The molecule has 1 unspecified atom stereocenters. The second-order valence-electron chi connectivity index (χ2n) is 4.99. The molecule has 1 aliphatic rings. The van der Waals surface area contributed by atoms with Crippen LogP contribution in [0, 0.1) is 0 Å². The van der Waals surface area contributed by atoms with E-state index in [-0.39, 0.29) is 0 Å². The summed E-state index contributed by atoms with van der Waals surface area (Å²) in [5.41, 5.74) is 0.524. The number of halogens is 1. The number of nitrogens with one attached hydrogen (secondary N) is 2. The lowest BCUT2D eigenvalue weighted by atomic mass is 10.3. The van der Waals surface area contributed by atoms with E-state index in [1.54, 1.807) is 32.2 Å². The quantitative estimate of drug-likeness (QED) is 0.780. The van der Waals surface area contributed by atoms with Crippen molar-refractivity contribution in [1.82, 2.24) is 5.32 Å². The summed E-state index contributed by atoms with van der Waals surface area (Å²) >= 11 is 3.34. The molecule has 5 nitrogen and oxygen atoms in total. The third-order valence-electron chi connectivity index (χ3n) is 3.21. The lowest BCUT2D eigenvalue weighted by Crippen LogP contribution is -2.35. The van der Waals surface area contributed by atoms with Crippen LogP contribution in [0.1, 0.15) is 19.8 Å². The van der Waals surface area contributed by atoms with Crippen LogP contribution in [0.3, 0.4) is 0 Å². The molecule has 112 valence electrons. The average Bonchev–Trinajstić information content (AvgIpc) is 3.19. The van der Waals surface area contributed by atoms with Gasteiger partial charge in [-0.25, -0.2) is 8.42 Å². The van der Waals surface area contributed by atoms with E-state index in [9.17, 15) is 8.42 Å². The highest BCUT2D eigenvalue weighted by atomic mass is 79.9. The van der Waals surface area contributed by atoms with E-state index in [2.05, 4.69) is 26.0 Å². The molecular formula is C13H19BrN2O3S. The van der Waals surface area contributed by atoms with Gasteiger partial charge in [0.1, 0.15) is 5.75 Å². The van der Waals surface area contributed by atoms with Gasteiger partial charge in [-0.1, -0.05) is 0 Å². The van der Waals surface area contributed by atoms with Crippen molar-refractivity contribution in [2.24, 2.45) is 0 Å². The first-order chi connectivity index (χ1) is 9.42. The predicted octanol–water partition coefficient (Wildman–Crippen LogP) is 2.34. The van der Waals surface area contributed by atoms with Crippen molar-refractivity contribution < 1.29 is 13.2 Å². The van der Waals surface area contributed by atoms with Gasteiger partial charge in [-0.15, -0.1) is 0 Å². The van der Waals surface area contributed by atoms with Gasteiger partial charge in [-0.2, -0.15) is 0 Å². The second-order valence-corrected chi connectivity index (χ2v) is 7.94. The van der Waals surface area contributed by atoms with Crippen LogP contribution in [0.5, 0.6) is 5.75 Å². The maximum absolute atomic E-state index is 12.2. The standard InChI is InChI=1S/C13H19BrN2O3S/c1-9(8-15-10-3-4-10)20(17,18)16-11-5-6-13(19-2)12(14)7-11/h5-7,9-10,15-16H,3-4,8H2,1-2H3. The average molecular weight is 363 g/mol. The number of anilines is 1. The maximum atomic E-state index is 12.2. The molecule has 1 aromatic carbocycles. The first-order valence-electron chi connectivity index (χ1n) is 6.51. The first-order valence-corrected chi connectivity index (χ1v) is 8.85. The van der Waals surface area contributed by atoms with Crippen molar-refractivity contribution in [3.8, 4) is 5.75 Å². The lowest BCUT2D eigenvalue weighted by Gasteiger charge is -2.16. The molecule has 0 spiro atoms. The zero-order chi connectivity index (χ0) is 14.8. The summed E-state index contributed by atoms with van der Waals surface area (Å²) in [5, 5.41) is 2.75.